The van der Waals surface area contributed by atoms with E-state index in [1.165, 1.54) is 43.5 Å². The fourth-order valence-electron chi connectivity index (χ4n) is 2.00. The fraction of sp³-hybridized carbons (Fsp3) is 0.176. The number of carboxylic acid groups (broad SMARTS) is 1. The number of carbonyl (C=O) groups is 3. The van der Waals surface area contributed by atoms with Crippen LogP contribution in [0.15, 0.2) is 48.8 Å². The van der Waals surface area contributed by atoms with Crippen molar-refractivity contribution in [3.63, 3.8) is 0 Å². The number of carbonyl (C=O) groups excluding carboxylic acids is 2. The first kappa shape index (κ1) is 18.7. The van der Waals surface area contributed by atoms with Crippen LogP contribution in [-0.2, 0) is 29.6 Å². The zero-order valence-electron chi connectivity index (χ0n) is 13.7. The van der Waals surface area contributed by atoms with Gasteiger partial charge in [-0.1, -0.05) is 30.3 Å². The van der Waals surface area contributed by atoms with Crippen molar-refractivity contribution in [1.82, 2.24) is 4.98 Å². The predicted octanol–water partition coefficient (Wildman–Crippen LogP) is 1.09. The molecule has 0 spiro atoms. The Labute approximate surface area is 148 Å². The lowest BCUT2D eigenvalue weighted by Crippen LogP contribution is -2.47. The summed E-state index contributed by atoms with van der Waals surface area (Å²) in [5.74, 6) is -7.36. The largest absolute Gasteiger partial charge is 0.475 e. The lowest BCUT2D eigenvalue weighted by molar-refractivity contribution is -0.221. The minimum atomic E-state index is -2.66. The molecule has 0 saturated heterocycles. The lowest BCUT2D eigenvalue weighted by Gasteiger charge is -2.29. The van der Waals surface area contributed by atoms with Crippen LogP contribution in [-0.4, -0.2) is 34.6 Å². The number of aromatic nitrogens is 1. The molecule has 0 amide bonds. The first-order chi connectivity index (χ1) is 12.4. The number of nitrogens with zero attached hydrogens (tertiary/aromatic N) is 1. The van der Waals surface area contributed by atoms with Crippen LogP contribution in [0, 0.1) is 0 Å². The fourth-order valence-corrected chi connectivity index (χ4v) is 2.00. The van der Waals surface area contributed by atoms with Crippen molar-refractivity contribution in [2.24, 2.45) is 0 Å². The molecule has 1 aromatic carbocycles. The smallest absolute Gasteiger partial charge is 0.421 e. The molecule has 0 aliphatic carbocycles. The van der Waals surface area contributed by atoms with Crippen molar-refractivity contribution in [1.29, 1.82) is 0 Å². The van der Waals surface area contributed by atoms with Gasteiger partial charge >= 0.3 is 23.7 Å². The quantitative estimate of drug-likeness (QED) is 0.440. The molecule has 1 atom stereocenters. The second-order valence-corrected chi connectivity index (χ2v) is 4.91. The van der Waals surface area contributed by atoms with Crippen molar-refractivity contribution >= 4 is 23.6 Å². The van der Waals surface area contributed by atoms with Crippen molar-refractivity contribution < 1.29 is 33.7 Å². The first-order valence-corrected chi connectivity index (χ1v) is 7.48. The summed E-state index contributed by atoms with van der Waals surface area (Å²) in [4.78, 5) is 39.5. The molecule has 0 aliphatic heterocycles. The number of carboxylic acids is 1. The highest BCUT2D eigenvalue weighted by Gasteiger charge is 2.49. The van der Waals surface area contributed by atoms with Crippen molar-refractivity contribution in [2.45, 2.75) is 12.7 Å². The van der Waals surface area contributed by atoms with E-state index in [-0.39, 0.29) is 23.6 Å². The van der Waals surface area contributed by atoms with Crippen LogP contribution in [0.25, 0.3) is 0 Å². The number of pyridine rings is 1. The summed E-state index contributed by atoms with van der Waals surface area (Å²) >= 11 is 0. The number of nitrogens with two attached hydrogens (primary N) is 1. The first-order valence-electron chi connectivity index (χ1n) is 7.48. The third kappa shape index (κ3) is 3.89. The van der Waals surface area contributed by atoms with E-state index in [1.54, 1.807) is 6.07 Å². The number of benzene rings is 1. The van der Waals surface area contributed by atoms with Crippen LogP contribution in [0.4, 0.5) is 5.69 Å². The topological polar surface area (TPSA) is 138 Å². The number of rotatable bonds is 6. The SMILES string of the molecule is CCOC(=O)C(=O)OC(Oc1cnccc1N)(C(=O)O)c1ccccc1. The summed E-state index contributed by atoms with van der Waals surface area (Å²) in [5, 5.41) is 9.77. The molecule has 1 heterocycles. The molecule has 136 valence electrons. The van der Waals surface area contributed by atoms with Gasteiger partial charge in [0.15, 0.2) is 5.75 Å². The average Bonchev–Trinajstić information content (AvgIpc) is 2.63. The van der Waals surface area contributed by atoms with E-state index in [4.69, 9.17) is 15.2 Å². The van der Waals surface area contributed by atoms with Crippen LogP contribution in [0.3, 0.4) is 0 Å². The number of esters is 2. The van der Waals surface area contributed by atoms with E-state index in [0.29, 0.717) is 0 Å². The number of nitrogen functional groups attached to an aromatic ring is 1. The van der Waals surface area contributed by atoms with Gasteiger partial charge in [0.05, 0.1) is 18.5 Å². The molecule has 1 unspecified atom stereocenters. The molecule has 3 N–H and O–H groups in total. The van der Waals surface area contributed by atoms with Gasteiger partial charge in [-0.25, -0.2) is 14.4 Å². The summed E-state index contributed by atoms with van der Waals surface area (Å²) < 4.78 is 14.9. The van der Waals surface area contributed by atoms with Gasteiger partial charge in [0.2, 0.25) is 0 Å². The highest BCUT2D eigenvalue weighted by Crippen LogP contribution is 2.33. The average molecular weight is 360 g/mol. The Morgan fingerprint density at radius 3 is 2.42 bits per heavy atom. The molecule has 1 aromatic heterocycles. The minimum absolute atomic E-state index is 0.0478. The van der Waals surface area contributed by atoms with E-state index in [1.807, 2.05) is 0 Å². The summed E-state index contributed by atoms with van der Waals surface area (Å²) in [6.45, 7) is 1.40. The molecule has 0 fully saturated rings. The summed E-state index contributed by atoms with van der Waals surface area (Å²) in [6, 6.07) is 8.75. The third-order valence-corrected chi connectivity index (χ3v) is 3.18. The van der Waals surface area contributed by atoms with Gasteiger partial charge < -0.3 is 25.1 Å². The number of anilines is 1. The Morgan fingerprint density at radius 1 is 1.15 bits per heavy atom. The monoisotopic (exact) mass is 360 g/mol. The molecule has 0 saturated carbocycles. The molecular weight excluding hydrogens is 344 g/mol. The highest BCUT2D eigenvalue weighted by atomic mass is 16.7. The highest BCUT2D eigenvalue weighted by molar-refractivity contribution is 6.30. The van der Waals surface area contributed by atoms with Gasteiger partial charge in [-0.05, 0) is 13.0 Å². The number of hydrogen-bond donors (Lipinski definition) is 2. The molecule has 0 bridgehead atoms. The Hall–Kier alpha value is -3.62. The van der Waals surface area contributed by atoms with Crippen LogP contribution >= 0.6 is 0 Å². The second-order valence-electron chi connectivity index (χ2n) is 4.91. The molecule has 9 nitrogen and oxygen atoms in total. The van der Waals surface area contributed by atoms with Crippen molar-refractivity contribution in [3.05, 3.63) is 54.4 Å². The van der Waals surface area contributed by atoms with Crippen LogP contribution < -0.4 is 10.5 Å². The van der Waals surface area contributed by atoms with E-state index in [2.05, 4.69) is 9.72 Å². The Kier molecular flexibility index (Phi) is 5.74. The predicted molar refractivity (Wildman–Crippen MR) is 87.8 cm³/mol. The normalized spacial score (nSPS) is 12.5. The second kappa shape index (κ2) is 7.97. The van der Waals surface area contributed by atoms with Crippen LogP contribution in [0.1, 0.15) is 12.5 Å². The number of aliphatic carboxylic acids is 1. The molecule has 26 heavy (non-hydrogen) atoms. The zero-order valence-corrected chi connectivity index (χ0v) is 13.7. The van der Waals surface area contributed by atoms with Gasteiger partial charge in [0, 0.05) is 11.8 Å². The maximum atomic E-state index is 12.0. The van der Waals surface area contributed by atoms with E-state index < -0.39 is 23.7 Å². The summed E-state index contributed by atoms with van der Waals surface area (Å²) in [6.07, 6.45) is 2.53. The van der Waals surface area contributed by atoms with Gasteiger partial charge in [-0.3, -0.25) is 4.98 Å². The molecule has 2 aromatic rings. The molecule has 2 rings (SSSR count). The lowest BCUT2D eigenvalue weighted by atomic mass is 10.1. The van der Waals surface area contributed by atoms with Gasteiger partial charge in [0.1, 0.15) is 0 Å². The maximum Gasteiger partial charge on any atom is 0.421 e. The Morgan fingerprint density at radius 2 is 1.85 bits per heavy atom. The number of ether oxygens (including phenoxy) is 3. The standard InChI is InChI=1S/C17H16N2O7/c1-2-24-14(20)15(21)26-17(16(22)23,11-6-4-3-5-7-11)25-13-10-19-9-8-12(13)18/h3-10H,2H2,1H3,(H2,18,19)(H,22,23). The third-order valence-electron chi connectivity index (χ3n) is 3.18. The molecular formula is C17H16N2O7. The van der Waals surface area contributed by atoms with Gasteiger partial charge in [0.25, 0.3) is 0 Å². The Balaban J connectivity index is 2.52. The van der Waals surface area contributed by atoms with Crippen LogP contribution in [0.2, 0.25) is 0 Å². The summed E-state index contributed by atoms with van der Waals surface area (Å²) in [5.41, 5.74) is 5.77. The summed E-state index contributed by atoms with van der Waals surface area (Å²) in [7, 11) is 0. The molecule has 9 heteroatoms. The van der Waals surface area contributed by atoms with E-state index in [9.17, 15) is 19.5 Å². The minimum Gasteiger partial charge on any atom is -0.475 e. The zero-order chi connectivity index (χ0) is 19.2. The van der Waals surface area contributed by atoms with Gasteiger partial charge in [-0.15, -0.1) is 0 Å². The van der Waals surface area contributed by atoms with E-state index in [0.717, 1.165) is 6.20 Å². The molecule has 0 aliphatic rings. The maximum absolute atomic E-state index is 12.0. The van der Waals surface area contributed by atoms with Crippen molar-refractivity contribution in [3.8, 4) is 5.75 Å². The molecule has 0 radical (unpaired) electrons. The number of hydrogen-bond acceptors (Lipinski definition) is 8. The Bertz CT molecular complexity index is 810. The van der Waals surface area contributed by atoms with Gasteiger partial charge in [-0.2, -0.15) is 0 Å². The van der Waals surface area contributed by atoms with E-state index >= 15 is 0 Å². The van der Waals surface area contributed by atoms with Crippen molar-refractivity contribution in [2.75, 3.05) is 12.3 Å². The van der Waals surface area contributed by atoms with Crippen LogP contribution in [0.5, 0.6) is 5.75 Å².